The van der Waals surface area contributed by atoms with Crippen LogP contribution in [0.3, 0.4) is 0 Å². The summed E-state index contributed by atoms with van der Waals surface area (Å²) in [5.74, 6) is -1.70. The van der Waals surface area contributed by atoms with Crippen molar-refractivity contribution in [3.05, 3.63) is 38.9 Å². The molecule has 0 fully saturated rings. The highest BCUT2D eigenvalue weighted by atomic mass is 35.5. The molecule has 1 aromatic carbocycles. The van der Waals surface area contributed by atoms with Crippen molar-refractivity contribution in [1.82, 2.24) is 5.32 Å². The van der Waals surface area contributed by atoms with Gasteiger partial charge in [-0.1, -0.05) is 32.4 Å². The monoisotopic (exact) mass is 327 g/mol. The average Bonchev–Trinajstić information content (AvgIpc) is 2.43. The first-order valence-corrected chi connectivity index (χ1v) is 7.09. The Morgan fingerprint density at radius 1 is 1.45 bits per heavy atom. The summed E-state index contributed by atoms with van der Waals surface area (Å²) in [7, 11) is 0. The first-order valence-electron chi connectivity index (χ1n) is 6.72. The van der Waals surface area contributed by atoms with Gasteiger partial charge < -0.3 is 11.1 Å². The second-order valence-corrected chi connectivity index (χ2v) is 5.65. The summed E-state index contributed by atoms with van der Waals surface area (Å²) in [6.07, 6.45) is 0.271. The Balaban J connectivity index is 3.27. The molecule has 0 aliphatic carbocycles. The molecule has 8 heteroatoms. The molecule has 0 saturated carbocycles. The van der Waals surface area contributed by atoms with E-state index in [1.54, 1.807) is 20.8 Å². The number of nitrogens with zero attached hydrogens (tertiary/aromatic N) is 1. The molecule has 0 aromatic heterocycles. The van der Waals surface area contributed by atoms with E-state index in [0.717, 1.165) is 6.07 Å². The van der Waals surface area contributed by atoms with Crippen LogP contribution >= 0.6 is 11.6 Å². The van der Waals surface area contributed by atoms with E-state index in [-0.39, 0.29) is 22.9 Å². The zero-order chi connectivity index (χ0) is 17.1. The van der Waals surface area contributed by atoms with Gasteiger partial charge in [-0.05, 0) is 24.5 Å². The molecule has 1 unspecified atom stereocenters. The highest BCUT2D eigenvalue weighted by Gasteiger charge is 2.40. The molecule has 2 amide bonds. The van der Waals surface area contributed by atoms with Gasteiger partial charge in [0.1, 0.15) is 11.1 Å². The van der Waals surface area contributed by atoms with Crippen molar-refractivity contribution in [2.24, 2.45) is 11.7 Å². The van der Waals surface area contributed by atoms with Gasteiger partial charge in [-0.2, -0.15) is 0 Å². The molecule has 22 heavy (non-hydrogen) atoms. The predicted molar refractivity (Wildman–Crippen MR) is 82.6 cm³/mol. The smallest absolute Gasteiger partial charge is 0.283 e. The number of benzene rings is 1. The van der Waals surface area contributed by atoms with Crippen molar-refractivity contribution >= 4 is 29.1 Å². The Morgan fingerprint density at radius 2 is 2.05 bits per heavy atom. The summed E-state index contributed by atoms with van der Waals surface area (Å²) in [4.78, 5) is 34.5. The van der Waals surface area contributed by atoms with Crippen LogP contribution in [0.15, 0.2) is 18.2 Å². The van der Waals surface area contributed by atoms with E-state index in [0.29, 0.717) is 0 Å². The van der Waals surface area contributed by atoms with E-state index in [2.05, 4.69) is 5.32 Å². The lowest BCUT2D eigenvalue weighted by Gasteiger charge is -2.34. The number of nitro groups is 1. The second-order valence-electron chi connectivity index (χ2n) is 5.22. The Hall–Kier alpha value is -2.15. The van der Waals surface area contributed by atoms with Gasteiger partial charge in [0, 0.05) is 11.1 Å². The molecular weight excluding hydrogens is 310 g/mol. The van der Waals surface area contributed by atoms with E-state index >= 15 is 0 Å². The van der Waals surface area contributed by atoms with Gasteiger partial charge in [-0.15, -0.1) is 0 Å². The summed E-state index contributed by atoms with van der Waals surface area (Å²) in [5.41, 5.74) is 3.55. The average molecular weight is 328 g/mol. The third kappa shape index (κ3) is 3.36. The van der Waals surface area contributed by atoms with E-state index in [9.17, 15) is 19.7 Å². The number of carbonyl (C=O) groups excluding carboxylic acids is 2. The molecule has 0 saturated heterocycles. The minimum atomic E-state index is -1.27. The summed E-state index contributed by atoms with van der Waals surface area (Å²) in [5, 5.41) is 13.7. The third-order valence-corrected chi connectivity index (χ3v) is 3.96. The quantitative estimate of drug-likeness (QED) is 0.615. The molecule has 120 valence electrons. The van der Waals surface area contributed by atoms with Gasteiger partial charge in [0.05, 0.1) is 4.92 Å². The molecule has 0 heterocycles. The number of rotatable bonds is 6. The van der Waals surface area contributed by atoms with Crippen LogP contribution in [0.1, 0.15) is 37.6 Å². The minimum absolute atomic E-state index is 0.142. The lowest BCUT2D eigenvalue weighted by Crippen LogP contribution is -2.60. The molecule has 0 aliphatic heterocycles. The number of hydrogen-bond acceptors (Lipinski definition) is 4. The van der Waals surface area contributed by atoms with Crippen LogP contribution in [0.4, 0.5) is 5.69 Å². The lowest BCUT2D eigenvalue weighted by atomic mass is 9.82. The summed E-state index contributed by atoms with van der Waals surface area (Å²) < 4.78 is 0. The van der Waals surface area contributed by atoms with Crippen LogP contribution in [-0.4, -0.2) is 22.3 Å². The van der Waals surface area contributed by atoms with Gasteiger partial charge in [-0.25, -0.2) is 0 Å². The number of nitro benzene ring substituents is 1. The second kappa shape index (κ2) is 6.74. The van der Waals surface area contributed by atoms with Gasteiger partial charge in [-0.3, -0.25) is 19.7 Å². The van der Waals surface area contributed by atoms with Gasteiger partial charge in [0.25, 0.3) is 11.6 Å². The van der Waals surface area contributed by atoms with Crippen LogP contribution in [0.2, 0.25) is 5.02 Å². The van der Waals surface area contributed by atoms with Gasteiger partial charge in [0.15, 0.2) is 0 Å². The number of nitrogens with one attached hydrogen (secondary N) is 1. The number of halogens is 1. The van der Waals surface area contributed by atoms with Crippen molar-refractivity contribution in [3.63, 3.8) is 0 Å². The largest absolute Gasteiger partial charge is 0.368 e. The van der Waals surface area contributed by atoms with Crippen molar-refractivity contribution in [3.8, 4) is 0 Å². The molecular formula is C14H18ClN3O4. The zero-order valence-electron chi connectivity index (χ0n) is 12.6. The SMILES string of the molecule is CCC(NC(=O)c1ccc(Cl)cc1[N+](=O)[O-])(C(N)=O)C(C)C. The normalized spacial score (nSPS) is 13.5. The van der Waals surface area contributed by atoms with Crippen LogP contribution in [0, 0.1) is 16.0 Å². The zero-order valence-corrected chi connectivity index (χ0v) is 13.3. The summed E-state index contributed by atoms with van der Waals surface area (Å²) in [6, 6.07) is 3.71. The fourth-order valence-electron chi connectivity index (χ4n) is 2.28. The lowest BCUT2D eigenvalue weighted by molar-refractivity contribution is -0.385. The summed E-state index contributed by atoms with van der Waals surface area (Å²) >= 11 is 5.72. The topological polar surface area (TPSA) is 115 Å². The number of hydrogen-bond donors (Lipinski definition) is 2. The Morgan fingerprint density at radius 3 is 2.45 bits per heavy atom. The molecule has 7 nitrogen and oxygen atoms in total. The maximum Gasteiger partial charge on any atom is 0.283 e. The van der Waals surface area contributed by atoms with Gasteiger partial charge >= 0.3 is 0 Å². The van der Waals surface area contributed by atoms with Crippen LogP contribution in [-0.2, 0) is 4.79 Å². The fraction of sp³-hybridized carbons (Fsp3) is 0.429. The molecule has 0 bridgehead atoms. The van der Waals surface area contributed by atoms with Crippen molar-refractivity contribution < 1.29 is 14.5 Å². The fourth-order valence-corrected chi connectivity index (χ4v) is 2.45. The predicted octanol–water partition coefficient (Wildman–Crippen LogP) is 2.27. The minimum Gasteiger partial charge on any atom is -0.368 e. The van der Waals surface area contributed by atoms with Crippen LogP contribution < -0.4 is 11.1 Å². The first kappa shape index (κ1) is 17.9. The van der Waals surface area contributed by atoms with Crippen molar-refractivity contribution in [2.45, 2.75) is 32.7 Å². The Bertz CT molecular complexity index is 618. The van der Waals surface area contributed by atoms with E-state index in [4.69, 9.17) is 17.3 Å². The number of carbonyl (C=O) groups is 2. The molecule has 0 spiro atoms. The van der Waals surface area contributed by atoms with Crippen LogP contribution in [0.5, 0.6) is 0 Å². The standard InChI is InChI=1S/C14H18ClN3O4/c1-4-14(8(2)3,13(16)20)17-12(19)10-6-5-9(15)7-11(10)18(21)22/h5-8H,4H2,1-3H3,(H2,16,20)(H,17,19). The van der Waals surface area contributed by atoms with Gasteiger partial charge in [0.2, 0.25) is 5.91 Å². The number of primary amides is 1. The number of nitrogens with two attached hydrogens (primary N) is 1. The molecule has 0 aliphatic rings. The first-order chi connectivity index (χ1) is 10.2. The molecule has 1 aromatic rings. The molecule has 1 atom stereocenters. The van der Waals surface area contributed by atoms with E-state index in [1.165, 1.54) is 12.1 Å². The van der Waals surface area contributed by atoms with Crippen molar-refractivity contribution in [2.75, 3.05) is 0 Å². The Kier molecular flexibility index (Phi) is 5.48. The number of amides is 2. The molecule has 1 rings (SSSR count). The maximum absolute atomic E-state index is 12.4. The maximum atomic E-state index is 12.4. The van der Waals surface area contributed by atoms with Crippen molar-refractivity contribution in [1.29, 1.82) is 0 Å². The molecule has 3 N–H and O–H groups in total. The van der Waals surface area contributed by atoms with E-state index < -0.39 is 28.0 Å². The summed E-state index contributed by atoms with van der Waals surface area (Å²) in [6.45, 7) is 5.19. The Labute approximate surface area is 133 Å². The van der Waals surface area contributed by atoms with E-state index in [1.807, 2.05) is 0 Å². The molecule has 0 radical (unpaired) electrons. The highest BCUT2D eigenvalue weighted by molar-refractivity contribution is 6.31. The highest BCUT2D eigenvalue weighted by Crippen LogP contribution is 2.26. The van der Waals surface area contributed by atoms with Crippen LogP contribution in [0.25, 0.3) is 0 Å². The third-order valence-electron chi connectivity index (χ3n) is 3.72.